The molecule has 7 heteroatoms. The van der Waals surface area contributed by atoms with E-state index >= 15 is 0 Å². The number of morpholine rings is 1. The molecule has 0 radical (unpaired) electrons. The topological polar surface area (TPSA) is 40.1 Å². The zero-order valence-electron chi connectivity index (χ0n) is 15.2. The second-order valence-electron chi connectivity index (χ2n) is 6.12. The van der Waals surface area contributed by atoms with Crippen LogP contribution >= 0.6 is 35.6 Å². The highest BCUT2D eigenvalue weighted by Gasteiger charge is 2.10. The Morgan fingerprint density at radius 2 is 1.92 bits per heavy atom. The normalized spacial score (nSPS) is 15.6. The van der Waals surface area contributed by atoms with Crippen LogP contribution in [0.25, 0.3) is 0 Å². The van der Waals surface area contributed by atoms with Gasteiger partial charge in [-0.15, -0.1) is 24.0 Å². The number of benzene rings is 1. The summed E-state index contributed by atoms with van der Waals surface area (Å²) in [4.78, 5) is 8.97. The van der Waals surface area contributed by atoms with Gasteiger partial charge in [0.25, 0.3) is 0 Å². The summed E-state index contributed by atoms with van der Waals surface area (Å²) >= 11 is 5.93. The van der Waals surface area contributed by atoms with Crippen molar-refractivity contribution in [2.24, 2.45) is 4.99 Å². The van der Waals surface area contributed by atoms with E-state index in [2.05, 4.69) is 39.3 Å². The third-order valence-corrected chi connectivity index (χ3v) is 4.45. The molecule has 25 heavy (non-hydrogen) atoms. The molecule has 1 aliphatic heterocycles. The Morgan fingerprint density at radius 3 is 2.56 bits per heavy atom. The second kappa shape index (κ2) is 12.7. The van der Waals surface area contributed by atoms with E-state index in [-0.39, 0.29) is 24.0 Å². The van der Waals surface area contributed by atoms with Gasteiger partial charge in [-0.25, -0.2) is 0 Å². The van der Waals surface area contributed by atoms with Crippen LogP contribution in [-0.4, -0.2) is 69.2 Å². The Hall–Kier alpha value is -0.570. The molecule has 0 atom stereocenters. The van der Waals surface area contributed by atoms with Crippen LogP contribution in [0, 0.1) is 0 Å². The molecule has 0 spiro atoms. The molecule has 1 aliphatic rings. The second-order valence-corrected chi connectivity index (χ2v) is 6.55. The number of nitrogens with zero attached hydrogens (tertiary/aromatic N) is 3. The Balaban J connectivity index is 0.00000312. The molecule has 1 N–H and O–H groups in total. The lowest BCUT2D eigenvalue weighted by molar-refractivity contribution is 0.0372. The van der Waals surface area contributed by atoms with Crippen LogP contribution in [-0.2, 0) is 11.3 Å². The molecule has 0 aromatic heterocycles. The maximum Gasteiger partial charge on any atom is 0.193 e. The standard InChI is InChI=1S/C18H29ClN4O.HI/c1-20-18(22(2)15-16-5-7-17(19)8-6-16)21-9-3-4-10-23-11-13-24-14-12-23;/h5-8H,3-4,9-15H2,1-2H3,(H,20,21);1H. The molecule has 1 aromatic carbocycles. The Morgan fingerprint density at radius 1 is 1.24 bits per heavy atom. The van der Waals surface area contributed by atoms with E-state index in [9.17, 15) is 0 Å². The summed E-state index contributed by atoms with van der Waals surface area (Å²) in [6, 6.07) is 7.95. The number of unbranched alkanes of at least 4 members (excludes halogenated alkanes) is 1. The third kappa shape index (κ3) is 8.57. The third-order valence-electron chi connectivity index (χ3n) is 4.19. The van der Waals surface area contributed by atoms with Crippen molar-refractivity contribution in [3.8, 4) is 0 Å². The van der Waals surface area contributed by atoms with Gasteiger partial charge in [-0.3, -0.25) is 9.89 Å². The first-order valence-electron chi connectivity index (χ1n) is 8.65. The zero-order valence-corrected chi connectivity index (χ0v) is 18.3. The van der Waals surface area contributed by atoms with Gasteiger partial charge in [0.2, 0.25) is 0 Å². The van der Waals surface area contributed by atoms with Gasteiger partial charge < -0.3 is 15.0 Å². The van der Waals surface area contributed by atoms with Crippen molar-refractivity contribution in [1.82, 2.24) is 15.1 Å². The lowest BCUT2D eigenvalue weighted by atomic mass is 10.2. The summed E-state index contributed by atoms with van der Waals surface area (Å²) in [7, 11) is 3.88. The van der Waals surface area contributed by atoms with Gasteiger partial charge in [0.05, 0.1) is 13.2 Å². The van der Waals surface area contributed by atoms with Gasteiger partial charge in [-0.05, 0) is 37.1 Å². The first-order valence-corrected chi connectivity index (χ1v) is 9.03. The number of guanidine groups is 1. The molecule has 0 saturated carbocycles. The van der Waals surface area contributed by atoms with Crippen molar-refractivity contribution in [2.45, 2.75) is 19.4 Å². The fourth-order valence-corrected chi connectivity index (χ4v) is 2.93. The number of aliphatic imine (C=N–C) groups is 1. The average Bonchev–Trinajstić information content (AvgIpc) is 2.61. The van der Waals surface area contributed by atoms with Crippen LogP contribution in [0.3, 0.4) is 0 Å². The largest absolute Gasteiger partial charge is 0.379 e. The molecule has 0 amide bonds. The fraction of sp³-hybridized carbons (Fsp3) is 0.611. The summed E-state index contributed by atoms with van der Waals surface area (Å²) in [6.07, 6.45) is 2.34. The van der Waals surface area contributed by atoms with E-state index in [1.54, 1.807) is 0 Å². The monoisotopic (exact) mass is 480 g/mol. The summed E-state index contributed by atoms with van der Waals surface area (Å²) < 4.78 is 5.37. The maximum atomic E-state index is 5.93. The summed E-state index contributed by atoms with van der Waals surface area (Å²) in [5.74, 6) is 0.927. The highest BCUT2D eigenvalue weighted by atomic mass is 127. The predicted molar refractivity (Wildman–Crippen MR) is 116 cm³/mol. The van der Waals surface area contributed by atoms with E-state index < -0.39 is 0 Å². The smallest absolute Gasteiger partial charge is 0.193 e. The van der Waals surface area contributed by atoms with Crippen LogP contribution in [0.4, 0.5) is 0 Å². The van der Waals surface area contributed by atoms with E-state index in [0.717, 1.165) is 63.3 Å². The van der Waals surface area contributed by atoms with Gasteiger partial charge >= 0.3 is 0 Å². The molecular weight excluding hydrogens is 451 g/mol. The fourth-order valence-electron chi connectivity index (χ4n) is 2.81. The first kappa shape index (κ1) is 22.5. The quantitative estimate of drug-likeness (QED) is 0.282. The molecule has 1 fully saturated rings. The van der Waals surface area contributed by atoms with Crippen LogP contribution in [0.2, 0.25) is 5.02 Å². The molecule has 1 saturated heterocycles. The van der Waals surface area contributed by atoms with Crippen molar-refractivity contribution >= 4 is 41.5 Å². The highest BCUT2D eigenvalue weighted by Crippen LogP contribution is 2.11. The van der Waals surface area contributed by atoms with Crippen molar-refractivity contribution in [3.05, 3.63) is 34.9 Å². The van der Waals surface area contributed by atoms with E-state index in [0.29, 0.717) is 0 Å². The summed E-state index contributed by atoms with van der Waals surface area (Å²) in [6.45, 7) is 6.80. The number of hydrogen-bond acceptors (Lipinski definition) is 3. The van der Waals surface area contributed by atoms with Gasteiger partial charge in [-0.2, -0.15) is 0 Å². The van der Waals surface area contributed by atoms with Crippen LogP contribution in [0.1, 0.15) is 18.4 Å². The molecule has 5 nitrogen and oxygen atoms in total. The summed E-state index contributed by atoms with van der Waals surface area (Å²) in [5.41, 5.74) is 1.22. The maximum absolute atomic E-state index is 5.93. The Labute approximate surface area is 173 Å². The Bertz CT molecular complexity index is 506. The number of halogens is 2. The summed E-state index contributed by atoms with van der Waals surface area (Å²) in [5, 5.41) is 4.21. The minimum absolute atomic E-state index is 0. The van der Waals surface area contributed by atoms with Gasteiger partial charge in [0.1, 0.15) is 0 Å². The highest BCUT2D eigenvalue weighted by molar-refractivity contribution is 14.0. The van der Waals surface area contributed by atoms with Gasteiger partial charge in [0, 0.05) is 45.3 Å². The molecule has 1 aromatic rings. The Kier molecular flexibility index (Phi) is 11.4. The predicted octanol–water partition coefficient (Wildman–Crippen LogP) is 3.08. The van der Waals surface area contributed by atoms with E-state index in [1.165, 1.54) is 12.0 Å². The molecule has 0 bridgehead atoms. The number of ether oxygens (including phenoxy) is 1. The number of rotatable bonds is 7. The van der Waals surface area contributed by atoms with Crippen LogP contribution < -0.4 is 5.32 Å². The average molecular weight is 481 g/mol. The lowest BCUT2D eigenvalue weighted by Crippen LogP contribution is -2.39. The minimum Gasteiger partial charge on any atom is -0.379 e. The minimum atomic E-state index is 0. The van der Waals surface area contributed by atoms with Crippen LogP contribution in [0.5, 0.6) is 0 Å². The molecule has 142 valence electrons. The zero-order chi connectivity index (χ0) is 17.2. The first-order chi connectivity index (χ1) is 11.7. The van der Waals surface area contributed by atoms with Gasteiger partial charge in [0.15, 0.2) is 5.96 Å². The molecule has 0 unspecified atom stereocenters. The molecular formula is C18H30ClIN4O. The van der Waals surface area contributed by atoms with Crippen molar-refractivity contribution in [3.63, 3.8) is 0 Å². The van der Waals surface area contributed by atoms with Crippen molar-refractivity contribution in [1.29, 1.82) is 0 Å². The van der Waals surface area contributed by atoms with E-state index in [1.807, 2.05) is 19.2 Å². The molecule has 1 heterocycles. The lowest BCUT2D eigenvalue weighted by Gasteiger charge is -2.26. The molecule has 2 rings (SSSR count). The molecule has 0 aliphatic carbocycles. The number of nitrogens with one attached hydrogen (secondary N) is 1. The van der Waals surface area contributed by atoms with E-state index in [4.69, 9.17) is 16.3 Å². The van der Waals surface area contributed by atoms with Crippen molar-refractivity contribution in [2.75, 3.05) is 53.5 Å². The van der Waals surface area contributed by atoms with Gasteiger partial charge in [-0.1, -0.05) is 23.7 Å². The van der Waals surface area contributed by atoms with Crippen molar-refractivity contribution < 1.29 is 4.74 Å². The van der Waals surface area contributed by atoms with Crippen LogP contribution in [0.15, 0.2) is 29.3 Å². The number of hydrogen-bond donors (Lipinski definition) is 1. The SMILES string of the molecule is CN=C(NCCCCN1CCOCC1)N(C)Cc1ccc(Cl)cc1.I.